The number of hydrogen-bond donors (Lipinski definition) is 2. The van der Waals surface area contributed by atoms with Crippen molar-refractivity contribution in [2.45, 2.75) is 53.1 Å². The highest BCUT2D eigenvalue weighted by Gasteiger charge is 2.30. The number of aromatic nitrogens is 1. The van der Waals surface area contributed by atoms with E-state index in [1.807, 2.05) is 34.6 Å². The lowest BCUT2D eigenvalue weighted by molar-refractivity contribution is 0.0644. The predicted molar refractivity (Wildman–Crippen MR) is 86.3 cm³/mol. The third kappa shape index (κ3) is 4.21. The Morgan fingerprint density at radius 1 is 1.32 bits per heavy atom. The first-order valence-corrected chi connectivity index (χ1v) is 7.61. The topological polar surface area (TPSA) is 82.9 Å². The van der Waals surface area contributed by atoms with Gasteiger partial charge in [0.2, 0.25) is 5.88 Å². The fourth-order valence-corrected chi connectivity index (χ4v) is 2.41. The van der Waals surface area contributed by atoms with Crippen molar-refractivity contribution < 1.29 is 19.6 Å². The minimum Gasteiger partial charge on any atom is -0.478 e. The van der Waals surface area contributed by atoms with Gasteiger partial charge in [-0.3, -0.25) is 4.79 Å². The molecule has 6 nitrogen and oxygen atoms in total. The lowest BCUT2D eigenvalue weighted by atomic mass is 9.77. The van der Waals surface area contributed by atoms with Gasteiger partial charge in [-0.05, 0) is 40.2 Å². The average molecular weight is 308 g/mol. The molecule has 0 atom stereocenters. The van der Waals surface area contributed by atoms with Gasteiger partial charge in [0.1, 0.15) is 0 Å². The van der Waals surface area contributed by atoms with Crippen LogP contribution in [0, 0.1) is 0 Å². The van der Waals surface area contributed by atoms with Gasteiger partial charge in [-0.15, -0.1) is 0 Å². The second kappa shape index (κ2) is 8.15. The van der Waals surface area contributed by atoms with E-state index in [-0.39, 0.29) is 34.9 Å². The molecule has 0 unspecified atom stereocenters. The molecule has 0 aliphatic rings. The second-order valence-corrected chi connectivity index (χ2v) is 5.70. The first-order valence-electron chi connectivity index (χ1n) is 7.61. The Bertz CT molecular complexity index is 498. The summed E-state index contributed by atoms with van der Waals surface area (Å²) in [6, 6.07) is 1.47. The highest BCUT2D eigenvalue weighted by molar-refractivity contribution is 6.61. The number of pyridine rings is 1. The van der Waals surface area contributed by atoms with Crippen LogP contribution in [-0.4, -0.2) is 51.6 Å². The number of hydrogen-bond acceptors (Lipinski definition) is 5. The molecule has 122 valence electrons. The molecule has 0 aliphatic carbocycles. The summed E-state index contributed by atoms with van der Waals surface area (Å²) in [5.41, 5.74) is 0.228. The molecule has 0 aromatic carbocycles. The molecule has 2 N–H and O–H groups in total. The molecule has 0 radical (unpaired) electrons. The van der Waals surface area contributed by atoms with Crippen LogP contribution < -0.4 is 10.2 Å². The maximum atomic E-state index is 12.8. The maximum Gasteiger partial charge on any atom is 0.494 e. The quantitative estimate of drug-likeness (QED) is 0.728. The van der Waals surface area contributed by atoms with E-state index < -0.39 is 7.12 Å². The van der Waals surface area contributed by atoms with E-state index in [1.165, 1.54) is 12.3 Å². The van der Waals surface area contributed by atoms with Crippen molar-refractivity contribution in [3.8, 4) is 5.88 Å². The molecule has 0 bridgehead atoms. The molecule has 0 saturated heterocycles. The highest BCUT2D eigenvalue weighted by Crippen LogP contribution is 2.15. The van der Waals surface area contributed by atoms with Crippen LogP contribution in [0.15, 0.2) is 12.3 Å². The summed E-state index contributed by atoms with van der Waals surface area (Å²) in [4.78, 5) is 18.5. The van der Waals surface area contributed by atoms with Crippen LogP contribution in [0.3, 0.4) is 0 Å². The lowest BCUT2D eigenvalue weighted by Crippen LogP contribution is -2.46. The van der Waals surface area contributed by atoms with E-state index in [2.05, 4.69) is 4.98 Å². The van der Waals surface area contributed by atoms with E-state index >= 15 is 0 Å². The van der Waals surface area contributed by atoms with Gasteiger partial charge in [-0.2, -0.15) is 0 Å². The number of ether oxygens (including phenoxy) is 1. The zero-order chi connectivity index (χ0) is 16.9. The first kappa shape index (κ1) is 18.5. The Kier molecular flexibility index (Phi) is 6.83. The number of carbonyl (C=O) groups excluding carboxylic acids is 1. The summed E-state index contributed by atoms with van der Waals surface area (Å²) in [6.45, 7) is 10.0. The Balaban J connectivity index is 3.30. The van der Waals surface area contributed by atoms with Crippen LogP contribution >= 0.6 is 0 Å². The zero-order valence-electron chi connectivity index (χ0n) is 13.9. The average Bonchev–Trinajstić information content (AvgIpc) is 2.43. The molecular weight excluding hydrogens is 283 g/mol. The molecule has 1 aromatic heterocycles. The number of nitrogens with zero attached hydrogens (tertiary/aromatic N) is 2. The zero-order valence-corrected chi connectivity index (χ0v) is 13.9. The van der Waals surface area contributed by atoms with E-state index in [9.17, 15) is 14.8 Å². The van der Waals surface area contributed by atoms with Gasteiger partial charge in [0.05, 0.1) is 12.1 Å². The van der Waals surface area contributed by atoms with Crippen LogP contribution in [-0.2, 0) is 0 Å². The van der Waals surface area contributed by atoms with Crippen LogP contribution in [0.4, 0.5) is 0 Å². The minimum atomic E-state index is -1.82. The van der Waals surface area contributed by atoms with Gasteiger partial charge >= 0.3 is 7.12 Å². The van der Waals surface area contributed by atoms with Gasteiger partial charge in [-0.25, -0.2) is 4.98 Å². The standard InChI is InChI=1S/C15H25BN2O4/c1-6-9-22-14-13(16(20)21)12(7-8-17-14)15(19)18(10(2)3)11(4)5/h7-8,10-11,20-21H,6,9H2,1-5H3. The van der Waals surface area contributed by atoms with Gasteiger partial charge < -0.3 is 19.7 Å². The second-order valence-electron chi connectivity index (χ2n) is 5.70. The predicted octanol–water partition coefficient (Wildman–Crippen LogP) is 0.809. The smallest absolute Gasteiger partial charge is 0.478 e. The Labute approximate surface area is 132 Å². The molecule has 22 heavy (non-hydrogen) atoms. The van der Waals surface area contributed by atoms with Crippen molar-refractivity contribution in [1.29, 1.82) is 0 Å². The number of amides is 1. The number of rotatable bonds is 7. The molecule has 1 heterocycles. The van der Waals surface area contributed by atoms with Crippen LogP contribution in [0.25, 0.3) is 0 Å². The van der Waals surface area contributed by atoms with Crippen molar-refractivity contribution in [3.05, 3.63) is 17.8 Å². The Morgan fingerprint density at radius 3 is 2.36 bits per heavy atom. The first-order chi connectivity index (χ1) is 10.3. The SMILES string of the molecule is CCCOc1nccc(C(=O)N(C(C)C)C(C)C)c1B(O)O. The summed E-state index contributed by atoms with van der Waals surface area (Å²) in [5.74, 6) is -0.174. The molecule has 0 fully saturated rings. The molecule has 0 spiro atoms. The summed E-state index contributed by atoms with van der Waals surface area (Å²) < 4.78 is 5.44. The van der Waals surface area contributed by atoms with Gasteiger partial charge in [0.25, 0.3) is 5.91 Å². The highest BCUT2D eigenvalue weighted by atomic mass is 16.5. The van der Waals surface area contributed by atoms with E-state index in [4.69, 9.17) is 4.74 Å². The van der Waals surface area contributed by atoms with Crippen molar-refractivity contribution in [2.24, 2.45) is 0 Å². The summed E-state index contributed by atoms with van der Waals surface area (Å²) in [7, 11) is -1.82. The van der Waals surface area contributed by atoms with Gasteiger partial charge in [0, 0.05) is 23.8 Å². The molecular formula is C15H25BN2O4. The molecule has 1 amide bonds. The molecule has 7 heteroatoms. The van der Waals surface area contributed by atoms with E-state index in [0.717, 1.165) is 6.42 Å². The summed E-state index contributed by atoms with van der Waals surface area (Å²) in [6.07, 6.45) is 2.20. The van der Waals surface area contributed by atoms with Crippen LogP contribution in [0.1, 0.15) is 51.4 Å². The van der Waals surface area contributed by atoms with Crippen LogP contribution in [0.5, 0.6) is 5.88 Å². The normalized spacial score (nSPS) is 11.0. The molecule has 1 rings (SSSR count). The Hall–Kier alpha value is -1.60. The van der Waals surface area contributed by atoms with Crippen molar-refractivity contribution in [1.82, 2.24) is 9.88 Å². The Morgan fingerprint density at radius 2 is 1.91 bits per heavy atom. The molecule has 0 aliphatic heterocycles. The third-order valence-corrected chi connectivity index (χ3v) is 3.23. The molecule has 0 saturated carbocycles. The van der Waals surface area contributed by atoms with Crippen molar-refractivity contribution in [3.63, 3.8) is 0 Å². The molecule has 1 aromatic rings. The fraction of sp³-hybridized carbons (Fsp3) is 0.600. The van der Waals surface area contributed by atoms with Crippen molar-refractivity contribution in [2.75, 3.05) is 6.61 Å². The van der Waals surface area contributed by atoms with Gasteiger partial charge in [-0.1, -0.05) is 6.92 Å². The maximum absolute atomic E-state index is 12.8. The fourth-order valence-electron chi connectivity index (χ4n) is 2.41. The third-order valence-electron chi connectivity index (χ3n) is 3.23. The minimum absolute atomic E-state index is 0.00985. The summed E-state index contributed by atoms with van der Waals surface area (Å²) in [5, 5.41) is 19.3. The lowest BCUT2D eigenvalue weighted by Gasteiger charge is -2.31. The van der Waals surface area contributed by atoms with E-state index in [1.54, 1.807) is 4.90 Å². The number of carbonyl (C=O) groups is 1. The van der Waals surface area contributed by atoms with Crippen molar-refractivity contribution >= 4 is 18.5 Å². The van der Waals surface area contributed by atoms with E-state index in [0.29, 0.717) is 6.61 Å². The monoisotopic (exact) mass is 308 g/mol. The van der Waals surface area contributed by atoms with Crippen LogP contribution in [0.2, 0.25) is 0 Å². The largest absolute Gasteiger partial charge is 0.494 e. The van der Waals surface area contributed by atoms with Gasteiger partial charge in [0.15, 0.2) is 0 Å². The summed E-state index contributed by atoms with van der Waals surface area (Å²) >= 11 is 0.